The Labute approximate surface area is 95.6 Å². The molecule has 2 heteroatoms. The zero-order valence-corrected chi connectivity index (χ0v) is 9.57. The van der Waals surface area contributed by atoms with Crippen molar-refractivity contribution in [3.8, 4) is 0 Å². The lowest BCUT2D eigenvalue weighted by molar-refractivity contribution is 0.344. The molecule has 1 aromatic carbocycles. The molecular weight excluding hydrogens is 198 g/mol. The van der Waals surface area contributed by atoms with Gasteiger partial charge in [-0.3, -0.25) is 0 Å². The van der Waals surface area contributed by atoms with E-state index in [1.165, 1.54) is 18.2 Å². The van der Waals surface area contributed by atoms with Crippen molar-refractivity contribution in [1.29, 1.82) is 0 Å². The summed E-state index contributed by atoms with van der Waals surface area (Å²) in [6.45, 7) is 3.34. The summed E-state index contributed by atoms with van der Waals surface area (Å²) in [5, 5.41) is 4.70. The molecule has 1 N–H and O–H groups in total. The van der Waals surface area contributed by atoms with E-state index in [0.29, 0.717) is 12.0 Å². The number of benzene rings is 1. The van der Waals surface area contributed by atoms with Crippen LogP contribution < -0.4 is 5.32 Å². The van der Waals surface area contributed by atoms with E-state index in [9.17, 15) is 0 Å². The average molecular weight is 215 g/mol. The highest BCUT2D eigenvalue weighted by molar-refractivity contribution is 5.77. The summed E-state index contributed by atoms with van der Waals surface area (Å²) in [6.07, 6.45) is 2.37. The highest BCUT2D eigenvalue weighted by Gasteiger charge is 2.22. The third-order valence-corrected chi connectivity index (χ3v) is 3.47. The van der Waals surface area contributed by atoms with E-state index in [4.69, 9.17) is 4.42 Å². The monoisotopic (exact) mass is 215 g/mol. The molecule has 0 bridgehead atoms. The van der Waals surface area contributed by atoms with Crippen molar-refractivity contribution in [2.24, 2.45) is 0 Å². The third-order valence-electron chi connectivity index (χ3n) is 3.47. The highest BCUT2D eigenvalue weighted by atomic mass is 16.3. The first-order chi connectivity index (χ1) is 7.83. The van der Waals surface area contributed by atoms with Crippen molar-refractivity contribution in [2.75, 3.05) is 6.54 Å². The van der Waals surface area contributed by atoms with E-state index in [2.05, 4.69) is 30.4 Å². The van der Waals surface area contributed by atoms with Crippen LogP contribution in [0.3, 0.4) is 0 Å². The molecule has 1 fully saturated rings. The number of piperidine rings is 1. The molecule has 1 aliphatic heterocycles. The summed E-state index contributed by atoms with van der Waals surface area (Å²) >= 11 is 0. The Kier molecular flexibility index (Phi) is 2.44. The van der Waals surface area contributed by atoms with Crippen LogP contribution in [0, 0.1) is 0 Å². The van der Waals surface area contributed by atoms with Gasteiger partial charge in [-0.1, -0.05) is 18.2 Å². The molecule has 1 saturated heterocycles. The van der Waals surface area contributed by atoms with Gasteiger partial charge in [0.2, 0.25) is 0 Å². The summed E-state index contributed by atoms with van der Waals surface area (Å²) < 4.78 is 5.93. The van der Waals surface area contributed by atoms with Gasteiger partial charge in [-0.15, -0.1) is 0 Å². The average Bonchev–Trinajstić information content (AvgIpc) is 2.72. The predicted octanol–water partition coefficient (Wildman–Crippen LogP) is 3.29. The van der Waals surface area contributed by atoms with E-state index >= 15 is 0 Å². The highest BCUT2D eigenvalue weighted by Crippen LogP contribution is 2.31. The predicted molar refractivity (Wildman–Crippen MR) is 65.7 cm³/mol. The van der Waals surface area contributed by atoms with Crippen molar-refractivity contribution in [2.45, 2.75) is 31.7 Å². The quantitative estimate of drug-likeness (QED) is 0.789. The van der Waals surface area contributed by atoms with Gasteiger partial charge < -0.3 is 9.73 Å². The molecule has 1 aliphatic rings. The molecular formula is C14H17NO. The van der Waals surface area contributed by atoms with Gasteiger partial charge in [-0.2, -0.15) is 0 Å². The van der Waals surface area contributed by atoms with Gasteiger partial charge >= 0.3 is 0 Å². The Bertz CT molecular complexity index is 455. The maximum absolute atomic E-state index is 5.93. The Hall–Kier alpha value is -1.28. The van der Waals surface area contributed by atoms with E-state index in [1.54, 1.807) is 0 Å². The molecule has 2 aromatic rings. The second kappa shape index (κ2) is 3.95. The first kappa shape index (κ1) is 9.91. The van der Waals surface area contributed by atoms with Crippen LogP contribution in [0.2, 0.25) is 0 Å². The molecule has 0 radical (unpaired) electrons. The Morgan fingerprint density at radius 3 is 3.00 bits per heavy atom. The van der Waals surface area contributed by atoms with Crippen LogP contribution in [0.25, 0.3) is 11.0 Å². The molecule has 0 amide bonds. The molecule has 2 heterocycles. The van der Waals surface area contributed by atoms with Crippen molar-refractivity contribution >= 4 is 11.0 Å². The number of hydrogen-bond donors (Lipinski definition) is 1. The lowest BCUT2D eigenvalue weighted by Gasteiger charge is -2.26. The van der Waals surface area contributed by atoms with Gasteiger partial charge in [-0.05, 0) is 38.4 Å². The summed E-state index contributed by atoms with van der Waals surface area (Å²) in [4.78, 5) is 0. The summed E-state index contributed by atoms with van der Waals surface area (Å²) in [5.41, 5.74) is 1.02. The van der Waals surface area contributed by atoms with Crippen LogP contribution in [0.15, 0.2) is 34.7 Å². The molecule has 2 atom stereocenters. The van der Waals surface area contributed by atoms with Crippen molar-refractivity contribution in [3.63, 3.8) is 0 Å². The number of rotatable bonds is 1. The summed E-state index contributed by atoms with van der Waals surface area (Å²) in [5.74, 6) is 1.75. The Balaban J connectivity index is 1.93. The van der Waals surface area contributed by atoms with E-state index < -0.39 is 0 Å². The summed E-state index contributed by atoms with van der Waals surface area (Å²) in [6, 6.07) is 11.1. The maximum Gasteiger partial charge on any atom is 0.134 e. The maximum atomic E-state index is 5.93. The minimum Gasteiger partial charge on any atom is -0.461 e. The van der Waals surface area contributed by atoms with Gasteiger partial charge in [0, 0.05) is 17.3 Å². The second-order valence-corrected chi connectivity index (χ2v) is 4.76. The molecule has 0 aliphatic carbocycles. The van der Waals surface area contributed by atoms with Crippen LogP contribution in [0.1, 0.15) is 31.4 Å². The smallest absolute Gasteiger partial charge is 0.134 e. The largest absolute Gasteiger partial charge is 0.461 e. The first-order valence-corrected chi connectivity index (χ1v) is 6.05. The first-order valence-electron chi connectivity index (χ1n) is 6.05. The van der Waals surface area contributed by atoms with Crippen LogP contribution in [0.5, 0.6) is 0 Å². The topological polar surface area (TPSA) is 25.2 Å². The zero-order valence-electron chi connectivity index (χ0n) is 9.57. The molecule has 0 saturated carbocycles. The number of nitrogens with one attached hydrogen (secondary N) is 1. The minimum absolute atomic E-state index is 0.587. The molecule has 3 rings (SSSR count). The van der Waals surface area contributed by atoms with Gasteiger partial charge in [0.15, 0.2) is 0 Å². The van der Waals surface area contributed by atoms with Gasteiger partial charge in [0.05, 0.1) is 0 Å². The molecule has 1 aromatic heterocycles. The second-order valence-electron chi connectivity index (χ2n) is 4.76. The van der Waals surface area contributed by atoms with Crippen LogP contribution in [-0.4, -0.2) is 12.6 Å². The van der Waals surface area contributed by atoms with Gasteiger partial charge in [0.1, 0.15) is 11.3 Å². The fraction of sp³-hybridized carbons (Fsp3) is 0.429. The van der Waals surface area contributed by atoms with Crippen LogP contribution in [0.4, 0.5) is 0 Å². The zero-order chi connectivity index (χ0) is 11.0. The third kappa shape index (κ3) is 1.74. The molecule has 84 valence electrons. The van der Waals surface area contributed by atoms with Crippen LogP contribution in [-0.2, 0) is 0 Å². The number of para-hydroxylation sites is 1. The van der Waals surface area contributed by atoms with Crippen molar-refractivity contribution in [1.82, 2.24) is 5.32 Å². The number of furan rings is 1. The number of fused-ring (bicyclic) bond motifs is 1. The molecule has 2 nitrogen and oxygen atoms in total. The normalized spacial score (nSPS) is 26.1. The molecule has 0 unspecified atom stereocenters. The Morgan fingerprint density at radius 2 is 2.19 bits per heavy atom. The van der Waals surface area contributed by atoms with Crippen molar-refractivity contribution < 1.29 is 4.42 Å². The molecule has 16 heavy (non-hydrogen) atoms. The van der Waals surface area contributed by atoms with Crippen molar-refractivity contribution in [3.05, 3.63) is 36.1 Å². The lowest BCUT2D eigenvalue weighted by atomic mass is 9.91. The van der Waals surface area contributed by atoms with Gasteiger partial charge in [-0.25, -0.2) is 0 Å². The van der Waals surface area contributed by atoms with Gasteiger partial charge in [0.25, 0.3) is 0 Å². The molecule has 0 spiro atoms. The van der Waals surface area contributed by atoms with E-state index in [1.807, 2.05) is 12.1 Å². The fourth-order valence-electron chi connectivity index (χ4n) is 2.59. The summed E-state index contributed by atoms with van der Waals surface area (Å²) in [7, 11) is 0. The fourth-order valence-corrected chi connectivity index (χ4v) is 2.59. The van der Waals surface area contributed by atoms with Crippen LogP contribution >= 0.6 is 0 Å². The lowest BCUT2D eigenvalue weighted by Crippen LogP contribution is -2.34. The Morgan fingerprint density at radius 1 is 1.31 bits per heavy atom. The number of hydrogen-bond acceptors (Lipinski definition) is 2. The standard InChI is InChI=1S/C14H17NO/c1-10-8-12(6-7-15-10)14-9-11-4-2-3-5-13(11)16-14/h2-5,9-10,12,15H,6-8H2,1H3/t10-,12+/m1/s1. The van der Waals surface area contributed by atoms with E-state index in [0.717, 1.165) is 17.9 Å². The minimum atomic E-state index is 0.587. The SMILES string of the molecule is C[C@@H]1C[C@@H](c2cc3ccccc3o2)CCN1. The van der Waals surface area contributed by atoms with E-state index in [-0.39, 0.29) is 0 Å².